The van der Waals surface area contributed by atoms with Crippen molar-refractivity contribution < 1.29 is 19.1 Å². The van der Waals surface area contributed by atoms with Gasteiger partial charge in [-0.2, -0.15) is 0 Å². The highest BCUT2D eigenvalue weighted by molar-refractivity contribution is 6.19. The third-order valence-electron chi connectivity index (χ3n) is 4.06. The molecule has 2 aliphatic rings. The maximum absolute atomic E-state index is 12.3. The second-order valence-electron chi connectivity index (χ2n) is 5.95. The maximum Gasteiger partial charge on any atom is 0.330 e. The van der Waals surface area contributed by atoms with Crippen LogP contribution in [0.25, 0.3) is 0 Å². The molecular weight excluding hydrogens is 260 g/mol. The van der Waals surface area contributed by atoms with Crippen LogP contribution in [0, 0.1) is 11.3 Å². The summed E-state index contributed by atoms with van der Waals surface area (Å²) in [7, 11) is 0. The smallest absolute Gasteiger partial charge is 0.330 e. The number of amides is 4. The van der Waals surface area contributed by atoms with Gasteiger partial charge in [-0.25, -0.2) is 4.79 Å². The molecule has 1 saturated carbocycles. The van der Waals surface area contributed by atoms with Crippen LogP contribution < -0.4 is 5.32 Å². The lowest BCUT2D eigenvalue weighted by Gasteiger charge is -2.44. The number of ether oxygens (including phenoxy) is 1. The van der Waals surface area contributed by atoms with Crippen molar-refractivity contribution in [3.05, 3.63) is 0 Å². The number of urea groups is 1. The van der Waals surface area contributed by atoms with Crippen molar-refractivity contribution in [3.63, 3.8) is 0 Å². The van der Waals surface area contributed by atoms with Crippen LogP contribution >= 0.6 is 0 Å². The molecule has 1 saturated heterocycles. The van der Waals surface area contributed by atoms with E-state index in [9.17, 15) is 14.4 Å². The number of carbonyl (C=O) groups is 3. The van der Waals surface area contributed by atoms with Crippen LogP contribution in [0.15, 0.2) is 0 Å². The molecule has 112 valence electrons. The predicted octanol–water partition coefficient (Wildman–Crippen LogP) is 1.30. The van der Waals surface area contributed by atoms with Gasteiger partial charge in [0.05, 0.1) is 13.2 Å². The van der Waals surface area contributed by atoms with Gasteiger partial charge in [0.1, 0.15) is 5.41 Å². The summed E-state index contributed by atoms with van der Waals surface area (Å²) < 4.78 is 5.43. The third kappa shape index (κ3) is 2.70. The molecule has 0 unspecified atom stereocenters. The van der Waals surface area contributed by atoms with Crippen LogP contribution in [0.4, 0.5) is 4.79 Å². The molecule has 0 aromatic rings. The zero-order chi connectivity index (χ0) is 14.8. The average Bonchev–Trinajstić information content (AvgIpc) is 2.30. The van der Waals surface area contributed by atoms with Gasteiger partial charge in [-0.1, -0.05) is 20.3 Å². The number of nitrogens with zero attached hydrogens (tertiary/aromatic N) is 1. The van der Waals surface area contributed by atoms with Crippen LogP contribution in [-0.4, -0.2) is 42.5 Å². The Morgan fingerprint density at radius 1 is 1.25 bits per heavy atom. The van der Waals surface area contributed by atoms with Crippen LogP contribution in [0.1, 0.15) is 39.5 Å². The van der Waals surface area contributed by atoms with Gasteiger partial charge >= 0.3 is 6.03 Å². The number of barbiturate groups is 1. The largest absolute Gasteiger partial charge is 0.380 e. The van der Waals surface area contributed by atoms with Crippen LogP contribution in [-0.2, 0) is 14.3 Å². The topological polar surface area (TPSA) is 75.7 Å². The van der Waals surface area contributed by atoms with E-state index in [2.05, 4.69) is 19.2 Å². The number of rotatable bonds is 6. The first kappa shape index (κ1) is 15.0. The molecule has 2 rings (SSSR count). The molecule has 1 heterocycles. The first-order valence-corrected chi connectivity index (χ1v) is 7.22. The van der Waals surface area contributed by atoms with Crippen molar-refractivity contribution in [2.24, 2.45) is 11.3 Å². The number of nitrogens with one attached hydrogen (secondary N) is 1. The van der Waals surface area contributed by atoms with Gasteiger partial charge in [0.25, 0.3) is 0 Å². The van der Waals surface area contributed by atoms with Crippen molar-refractivity contribution >= 4 is 17.8 Å². The fraction of sp³-hybridized carbons (Fsp3) is 0.786. The highest BCUT2D eigenvalue weighted by Gasteiger charge is 2.57. The standard InChI is InChI=1S/C14H22N2O4/c1-10(2)4-8-20-9-7-16-12(18)14(5-3-6-14)11(17)15-13(16)19/h10H,3-9H2,1-2H3,(H,15,17,19). The zero-order valence-corrected chi connectivity index (χ0v) is 12.1. The lowest BCUT2D eigenvalue weighted by Crippen LogP contribution is -2.66. The lowest BCUT2D eigenvalue weighted by atomic mass is 9.66. The number of imide groups is 2. The quantitative estimate of drug-likeness (QED) is 0.588. The normalized spacial score (nSPS) is 21.4. The molecule has 1 N–H and O–H groups in total. The molecule has 1 aliphatic heterocycles. The minimum Gasteiger partial charge on any atom is -0.380 e. The van der Waals surface area contributed by atoms with E-state index in [-0.39, 0.29) is 12.5 Å². The van der Waals surface area contributed by atoms with Crippen LogP contribution in [0.3, 0.4) is 0 Å². The number of carbonyl (C=O) groups excluding carboxylic acids is 3. The summed E-state index contributed by atoms with van der Waals surface area (Å²) in [5.41, 5.74) is -0.980. The molecule has 6 nitrogen and oxygen atoms in total. The second kappa shape index (κ2) is 5.91. The fourth-order valence-corrected chi connectivity index (χ4v) is 2.48. The highest BCUT2D eigenvalue weighted by atomic mass is 16.5. The Morgan fingerprint density at radius 2 is 1.95 bits per heavy atom. The van der Waals surface area contributed by atoms with E-state index in [1.54, 1.807) is 0 Å². The van der Waals surface area contributed by atoms with E-state index in [0.29, 0.717) is 32.0 Å². The molecule has 20 heavy (non-hydrogen) atoms. The van der Waals surface area contributed by atoms with Gasteiger partial charge in [0.15, 0.2) is 0 Å². The molecule has 4 amide bonds. The van der Waals surface area contributed by atoms with E-state index in [1.165, 1.54) is 0 Å². The summed E-state index contributed by atoms with van der Waals surface area (Å²) in [5.74, 6) is -0.230. The minimum atomic E-state index is -0.980. The average molecular weight is 282 g/mol. The first-order chi connectivity index (χ1) is 9.47. The third-order valence-corrected chi connectivity index (χ3v) is 4.06. The summed E-state index contributed by atoms with van der Waals surface area (Å²) in [4.78, 5) is 37.0. The Morgan fingerprint density at radius 3 is 2.50 bits per heavy atom. The van der Waals surface area contributed by atoms with Gasteiger partial charge in [0.2, 0.25) is 11.8 Å². The highest BCUT2D eigenvalue weighted by Crippen LogP contribution is 2.44. The Bertz CT molecular complexity index is 415. The van der Waals surface area contributed by atoms with Gasteiger partial charge in [-0.3, -0.25) is 19.8 Å². The molecule has 0 atom stereocenters. The Kier molecular flexibility index (Phi) is 4.42. The zero-order valence-electron chi connectivity index (χ0n) is 12.1. The monoisotopic (exact) mass is 282 g/mol. The molecule has 6 heteroatoms. The van der Waals surface area contributed by atoms with Crippen LogP contribution in [0.5, 0.6) is 0 Å². The lowest BCUT2D eigenvalue weighted by molar-refractivity contribution is -0.158. The SMILES string of the molecule is CC(C)CCOCCN1C(=O)NC(=O)C2(CCC2)C1=O. The minimum absolute atomic E-state index is 0.206. The van der Waals surface area contributed by atoms with Crippen molar-refractivity contribution in [1.29, 1.82) is 0 Å². The Labute approximate surface area is 118 Å². The molecule has 0 aromatic carbocycles. The first-order valence-electron chi connectivity index (χ1n) is 7.22. The molecule has 0 aromatic heterocycles. The van der Waals surface area contributed by atoms with Crippen molar-refractivity contribution in [3.8, 4) is 0 Å². The number of hydrogen-bond donors (Lipinski definition) is 1. The van der Waals surface area contributed by atoms with Gasteiger partial charge in [-0.05, 0) is 25.2 Å². The predicted molar refractivity (Wildman–Crippen MR) is 71.8 cm³/mol. The van der Waals surface area contributed by atoms with E-state index in [4.69, 9.17) is 4.74 Å². The molecule has 0 radical (unpaired) electrons. The molecule has 0 bridgehead atoms. The molecule has 1 spiro atoms. The summed E-state index contributed by atoms with van der Waals surface area (Å²) in [6, 6.07) is -0.620. The molecule has 2 fully saturated rings. The van der Waals surface area contributed by atoms with Crippen molar-refractivity contribution in [1.82, 2.24) is 10.2 Å². The summed E-state index contributed by atoms with van der Waals surface area (Å²) >= 11 is 0. The summed E-state index contributed by atoms with van der Waals surface area (Å²) in [6.07, 6.45) is 2.87. The van der Waals surface area contributed by atoms with E-state index in [1.807, 2.05) is 0 Å². The van der Waals surface area contributed by atoms with Crippen molar-refractivity contribution in [2.45, 2.75) is 39.5 Å². The van der Waals surface area contributed by atoms with Gasteiger partial charge in [0, 0.05) is 6.61 Å². The van der Waals surface area contributed by atoms with Gasteiger partial charge in [-0.15, -0.1) is 0 Å². The Hall–Kier alpha value is -1.43. The number of hydrogen-bond acceptors (Lipinski definition) is 4. The van der Waals surface area contributed by atoms with Gasteiger partial charge < -0.3 is 4.74 Å². The fourth-order valence-electron chi connectivity index (χ4n) is 2.48. The van der Waals surface area contributed by atoms with E-state index >= 15 is 0 Å². The molecule has 1 aliphatic carbocycles. The van der Waals surface area contributed by atoms with Crippen LogP contribution in [0.2, 0.25) is 0 Å². The Balaban J connectivity index is 1.85. The summed E-state index contributed by atoms with van der Waals surface area (Å²) in [6.45, 7) is 5.35. The summed E-state index contributed by atoms with van der Waals surface area (Å²) in [5, 5.41) is 2.28. The second-order valence-corrected chi connectivity index (χ2v) is 5.95. The maximum atomic E-state index is 12.3. The van der Waals surface area contributed by atoms with Crippen molar-refractivity contribution in [2.75, 3.05) is 19.8 Å². The molecular formula is C14H22N2O4. The van der Waals surface area contributed by atoms with E-state index in [0.717, 1.165) is 17.7 Å². The van der Waals surface area contributed by atoms with E-state index < -0.39 is 17.4 Å².